The average Bonchev–Trinajstić information content (AvgIpc) is 3.19. The molecule has 2 N–H and O–H groups in total. The predicted molar refractivity (Wildman–Crippen MR) is 104 cm³/mol. The second-order valence-electron chi connectivity index (χ2n) is 8.77. The number of carboxylic acids is 1. The van der Waals surface area contributed by atoms with Gasteiger partial charge in [-0.05, 0) is 50.4 Å². The highest BCUT2D eigenvalue weighted by molar-refractivity contribution is 5.69. The Morgan fingerprint density at radius 3 is 2.59 bits per heavy atom. The second-order valence-corrected chi connectivity index (χ2v) is 8.77. The van der Waals surface area contributed by atoms with E-state index in [1.54, 1.807) is 13.0 Å². The third kappa shape index (κ3) is 6.99. The molecule has 0 aromatic rings. The molecule has 1 unspecified atom stereocenters. The number of aliphatic carboxylic acids is 1. The van der Waals surface area contributed by atoms with Crippen LogP contribution in [0.25, 0.3) is 0 Å². The number of alkyl halides is 3. The Kier molecular flexibility index (Phi) is 9.01. The van der Waals surface area contributed by atoms with Gasteiger partial charge in [0.2, 0.25) is 0 Å². The van der Waals surface area contributed by atoms with Gasteiger partial charge in [0.15, 0.2) is 0 Å². The van der Waals surface area contributed by atoms with Gasteiger partial charge in [-0.25, -0.2) is 0 Å². The molecular formula is C22H35F3O4. The van der Waals surface area contributed by atoms with Crippen molar-refractivity contribution in [1.29, 1.82) is 0 Å². The number of ether oxygens (including phenoxy) is 1. The highest BCUT2D eigenvalue weighted by atomic mass is 19.4. The maximum Gasteiger partial charge on any atom is 0.394 e. The molecule has 1 saturated carbocycles. The molecule has 1 aliphatic carbocycles. The molecule has 7 atom stereocenters. The van der Waals surface area contributed by atoms with Gasteiger partial charge in [-0.2, -0.15) is 13.2 Å². The van der Waals surface area contributed by atoms with Crippen molar-refractivity contribution in [3.8, 4) is 0 Å². The van der Waals surface area contributed by atoms with E-state index in [2.05, 4.69) is 0 Å². The lowest BCUT2D eigenvalue weighted by molar-refractivity contribution is -0.195. The summed E-state index contributed by atoms with van der Waals surface area (Å²) in [5.74, 6) is -2.44. The summed E-state index contributed by atoms with van der Waals surface area (Å²) in [5.41, 5.74) is 0. The molecule has 2 fully saturated rings. The topological polar surface area (TPSA) is 66.8 Å². The third-order valence-electron chi connectivity index (χ3n) is 6.56. The Labute approximate surface area is 171 Å². The van der Waals surface area contributed by atoms with Gasteiger partial charge < -0.3 is 14.9 Å². The van der Waals surface area contributed by atoms with Crippen LogP contribution in [0.1, 0.15) is 71.6 Å². The van der Waals surface area contributed by atoms with Crippen LogP contribution in [0.15, 0.2) is 12.2 Å². The van der Waals surface area contributed by atoms with E-state index in [0.29, 0.717) is 19.3 Å². The van der Waals surface area contributed by atoms with Crippen LogP contribution in [0.2, 0.25) is 0 Å². The number of fused-ring (bicyclic) bond motifs is 1. The first kappa shape index (κ1) is 24.2. The number of allylic oxidation sites excluding steroid dienone is 1. The summed E-state index contributed by atoms with van der Waals surface area (Å²) in [6.45, 7) is 3.54. The number of hydrogen-bond donors (Lipinski definition) is 2. The number of halogens is 3. The zero-order valence-corrected chi connectivity index (χ0v) is 17.4. The summed E-state index contributed by atoms with van der Waals surface area (Å²) in [5, 5.41) is 19.1. The van der Waals surface area contributed by atoms with Crippen LogP contribution in [0.3, 0.4) is 0 Å². The molecule has 29 heavy (non-hydrogen) atoms. The number of unbranched alkanes of at least 4 members (excludes halogenated alkanes) is 1. The third-order valence-corrected chi connectivity index (χ3v) is 6.56. The van der Waals surface area contributed by atoms with Crippen LogP contribution < -0.4 is 0 Å². The van der Waals surface area contributed by atoms with Crippen molar-refractivity contribution in [2.45, 2.75) is 96.1 Å². The van der Waals surface area contributed by atoms with Gasteiger partial charge >= 0.3 is 12.1 Å². The maximum atomic E-state index is 13.2. The molecule has 2 rings (SSSR count). The lowest BCUT2D eigenvalue weighted by atomic mass is 9.88. The van der Waals surface area contributed by atoms with Crippen molar-refractivity contribution in [3.63, 3.8) is 0 Å². The maximum absolute atomic E-state index is 13.2. The fourth-order valence-electron chi connectivity index (χ4n) is 4.71. The summed E-state index contributed by atoms with van der Waals surface area (Å²) < 4.78 is 45.8. The number of aliphatic hydroxyl groups excluding tert-OH is 1. The first-order valence-corrected chi connectivity index (χ1v) is 10.9. The molecule has 1 aliphatic heterocycles. The van der Waals surface area contributed by atoms with Gasteiger partial charge in [-0.3, -0.25) is 4.79 Å². The van der Waals surface area contributed by atoms with Gasteiger partial charge in [0.25, 0.3) is 0 Å². The Balaban J connectivity index is 1.85. The van der Waals surface area contributed by atoms with E-state index in [4.69, 9.17) is 9.84 Å². The van der Waals surface area contributed by atoms with E-state index in [1.807, 2.05) is 6.92 Å². The fourth-order valence-corrected chi connectivity index (χ4v) is 4.71. The molecule has 0 aromatic heterocycles. The van der Waals surface area contributed by atoms with Crippen LogP contribution in [-0.2, 0) is 9.53 Å². The Morgan fingerprint density at radius 1 is 1.24 bits per heavy atom. The number of rotatable bonds is 11. The second kappa shape index (κ2) is 10.8. The summed E-state index contributed by atoms with van der Waals surface area (Å²) in [7, 11) is 0. The number of carboxylic acid groups (broad SMARTS) is 1. The first-order chi connectivity index (χ1) is 13.6. The van der Waals surface area contributed by atoms with Gasteiger partial charge in [0.05, 0.1) is 30.1 Å². The molecule has 7 heteroatoms. The van der Waals surface area contributed by atoms with Gasteiger partial charge in [-0.15, -0.1) is 0 Å². The minimum atomic E-state index is -4.40. The highest BCUT2D eigenvalue weighted by Crippen LogP contribution is 2.45. The van der Waals surface area contributed by atoms with Crippen molar-refractivity contribution in [2.24, 2.45) is 23.7 Å². The molecule has 0 aromatic carbocycles. The van der Waals surface area contributed by atoms with Crippen LogP contribution in [0.5, 0.6) is 0 Å². The van der Waals surface area contributed by atoms with Gasteiger partial charge in [0.1, 0.15) is 0 Å². The monoisotopic (exact) mass is 420 g/mol. The molecule has 1 saturated heterocycles. The normalized spacial score (nSPS) is 30.4. The van der Waals surface area contributed by atoms with E-state index in [-0.39, 0.29) is 36.4 Å². The zero-order chi connectivity index (χ0) is 21.6. The SMILES string of the molecule is CCCC[C@H]([C@H](O)/C=C/[C@H]1CC[C@@H]2O[C@@H](CCCC(C)C(=O)O)C[C@@H]21)C(F)(F)F. The fraction of sp³-hybridized carbons (Fsp3) is 0.864. The molecule has 168 valence electrons. The lowest BCUT2D eigenvalue weighted by Crippen LogP contribution is -2.33. The molecule has 0 spiro atoms. The van der Waals surface area contributed by atoms with E-state index in [9.17, 15) is 23.1 Å². The minimum absolute atomic E-state index is 0.0534. The minimum Gasteiger partial charge on any atom is -0.481 e. The smallest absolute Gasteiger partial charge is 0.394 e. The number of carbonyl (C=O) groups is 1. The van der Waals surface area contributed by atoms with E-state index < -0.39 is 24.2 Å². The Bertz CT molecular complexity index is 549. The Morgan fingerprint density at radius 2 is 1.97 bits per heavy atom. The summed E-state index contributed by atoms with van der Waals surface area (Å²) in [6, 6.07) is 0. The molecule has 0 bridgehead atoms. The van der Waals surface area contributed by atoms with Crippen LogP contribution in [0, 0.1) is 23.7 Å². The summed E-state index contributed by atoms with van der Waals surface area (Å²) >= 11 is 0. The van der Waals surface area contributed by atoms with Crippen LogP contribution in [0.4, 0.5) is 13.2 Å². The zero-order valence-electron chi connectivity index (χ0n) is 17.4. The van der Waals surface area contributed by atoms with Crippen molar-refractivity contribution in [2.75, 3.05) is 0 Å². The number of hydrogen-bond acceptors (Lipinski definition) is 3. The molecule has 2 aliphatic rings. The quantitative estimate of drug-likeness (QED) is 0.443. The molecular weight excluding hydrogens is 385 g/mol. The largest absolute Gasteiger partial charge is 0.481 e. The summed E-state index contributed by atoms with van der Waals surface area (Å²) in [6.07, 6.45) is 3.35. The van der Waals surface area contributed by atoms with Crippen molar-refractivity contribution < 1.29 is 32.9 Å². The summed E-state index contributed by atoms with van der Waals surface area (Å²) in [4.78, 5) is 10.9. The van der Waals surface area contributed by atoms with Crippen molar-refractivity contribution in [3.05, 3.63) is 12.2 Å². The predicted octanol–water partition coefficient (Wildman–Crippen LogP) is 5.35. The van der Waals surface area contributed by atoms with Crippen molar-refractivity contribution >= 4 is 5.97 Å². The molecule has 4 nitrogen and oxygen atoms in total. The number of aliphatic hydroxyl groups is 1. The first-order valence-electron chi connectivity index (χ1n) is 10.9. The lowest BCUT2D eigenvalue weighted by Gasteiger charge is -2.24. The van der Waals surface area contributed by atoms with E-state index >= 15 is 0 Å². The Hall–Kier alpha value is -1.08. The van der Waals surface area contributed by atoms with Crippen LogP contribution >= 0.6 is 0 Å². The average molecular weight is 421 g/mol. The van der Waals surface area contributed by atoms with Crippen LogP contribution in [-0.4, -0.2) is 40.7 Å². The van der Waals surface area contributed by atoms with Gasteiger partial charge in [-0.1, -0.05) is 45.3 Å². The molecule has 0 radical (unpaired) electrons. The molecule has 1 heterocycles. The van der Waals surface area contributed by atoms with E-state index in [0.717, 1.165) is 32.1 Å². The van der Waals surface area contributed by atoms with Crippen molar-refractivity contribution in [1.82, 2.24) is 0 Å². The molecule has 0 amide bonds. The highest BCUT2D eigenvalue weighted by Gasteiger charge is 2.45. The van der Waals surface area contributed by atoms with Gasteiger partial charge in [0, 0.05) is 0 Å². The standard InChI is InChI=1S/C22H35F3O4/c1-3-4-8-18(22(23,24)25)19(26)11-9-15-10-12-20-17(15)13-16(29-20)7-5-6-14(2)21(27)28/h9,11,14-20,26H,3-8,10,12-13H2,1-2H3,(H,27,28)/b11-9+/t14?,15-,16-,17+,18+,19+,20-/m0/s1. The van der Waals surface area contributed by atoms with E-state index in [1.165, 1.54) is 6.08 Å².